The van der Waals surface area contributed by atoms with E-state index in [1.807, 2.05) is 36.4 Å². The molecule has 3 N–H and O–H groups in total. The Bertz CT molecular complexity index is 780. The molecule has 0 radical (unpaired) electrons. The topological polar surface area (TPSA) is 96.0 Å². The lowest BCUT2D eigenvalue weighted by Crippen LogP contribution is -2.27. The molecule has 0 aliphatic carbocycles. The van der Waals surface area contributed by atoms with Gasteiger partial charge in [-0.1, -0.05) is 30.3 Å². The second kappa shape index (κ2) is 5.95. The van der Waals surface area contributed by atoms with Gasteiger partial charge in [0, 0.05) is 11.7 Å². The van der Waals surface area contributed by atoms with Crippen LogP contribution in [-0.4, -0.2) is 8.42 Å². The highest BCUT2D eigenvalue weighted by Crippen LogP contribution is 2.21. The third-order valence-corrected chi connectivity index (χ3v) is 4.64. The molecular weight excluding hydrogens is 286 g/mol. The molecule has 0 aliphatic heterocycles. The number of rotatable bonds is 4. The van der Waals surface area contributed by atoms with E-state index in [1.54, 1.807) is 6.92 Å². The molecule has 1 atom stereocenters. The van der Waals surface area contributed by atoms with Crippen molar-refractivity contribution in [3.63, 3.8) is 0 Å². The number of nitriles is 1. The van der Waals surface area contributed by atoms with Crippen LogP contribution >= 0.6 is 0 Å². The second-order valence-corrected chi connectivity index (χ2v) is 6.30. The van der Waals surface area contributed by atoms with Crippen LogP contribution in [-0.2, 0) is 10.0 Å². The van der Waals surface area contributed by atoms with E-state index in [-0.39, 0.29) is 10.5 Å². The van der Waals surface area contributed by atoms with Crippen LogP contribution in [0.25, 0.3) is 0 Å². The molecule has 108 valence electrons. The van der Waals surface area contributed by atoms with Gasteiger partial charge in [0.1, 0.15) is 6.07 Å². The van der Waals surface area contributed by atoms with Crippen molar-refractivity contribution in [2.75, 3.05) is 5.73 Å². The molecule has 0 aromatic heterocycles. The van der Waals surface area contributed by atoms with Gasteiger partial charge in [-0.25, -0.2) is 13.1 Å². The van der Waals surface area contributed by atoms with Gasteiger partial charge in [0.25, 0.3) is 0 Å². The van der Waals surface area contributed by atoms with Gasteiger partial charge < -0.3 is 5.73 Å². The average Bonchev–Trinajstić information content (AvgIpc) is 2.47. The summed E-state index contributed by atoms with van der Waals surface area (Å²) in [5.74, 6) is 0. The Balaban J connectivity index is 2.34. The van der Waals surface area contributed by atoms with Crippen LogP contribution < -0.4 is 10.5 Å². The fourth-order valence-electron chi connectivity index (χ4n) is 1.98. The molecule has 5 nitrogen and oxygen atoms in total. The summed E-state index contributed by atoms with van der Waals surface area (Å²) >= 11 is 0. The lowest BCUT2D eigenvalue weighted by atomic mass is 10.1. The summed E-state index contributed by atoms with van der Waals surface area (Å²) in [6.07, 6.45) is 0. The molecule has 0 aliphatic rings. The maximum atomic E-state index is 12.4. The number of nitrogens with zero attached hydrogens (tertiary/aromatic N) is 1. The highest BCUT2D eigenvalue weighted by atomic mass is 32.2. The van der Waals surface area contributed by atoms with Crippen LogP contribution in [0.1, 0.15) is 24.1 Å². The lowest BCUT2D eigenvalue weighted by Gasteiger charge is -2.15. The average molecular weight is 301 g/mol. The maximum Gasteiger partial charge on any atom is 0.242 e. The molecule has 2 aromatic rings. The summed E-state index contributed by atoms with van der Waals surface area (Å²) in [7, 11) is -3.80. The summed E-state index contributed by atoms with van der Waals surface area (Å²) in [6.45, 7) is 1.75. The van der Waals surface area contributed by atoms with Crippen molar-refractivity contribution in [3.8, 4) is 6.07 Å². The maximum absolute atomic E-state index is 12.4. The zero-order valence-corrected chi connectivity index (χ0v) is 12.3. The zero-order chi connectivity index (χ0) is 15.5. The van der Waals surface area contributed by atoms with E-state index in [9.17, 15) is 8.42 Å². The molecule has 21 heavy (non-hydrogen) atoms. The van der Waals surface area contributed by atoms with E-state index in [0.29, 0.717) is 5.69 Å². The minimum absolute atomic E-state index is 0.0303. The van der Waals surface area contributed by atoms with Gasteiger partial charge >= 0.3 is 0 Å². The van der Waals surface area contributed by atoms with Gasteiger partial charge in [0.05, 0.1) is 10.5 Å². The third kappa shape index (κ3) is 3.40. The Morgan fingerprint density at radius 1 is 1.19 bits per heavy atom. The third-order valence-electron chi connectivity index (χ3n) is 3.05. The molecule has 0 saturated heterocycles. The molecule has 0 unspecified atom stereocenters. The summed E-state index contributed by atoms with van der Waals surface area (Å²) in [5, 5.41) is 9.06. The van der Waals surface area contributed by atoms with Crippen LogP contribution in [0.2, 0.25) is 0 Å². The normalized spacial score (nSPS) is 12.6. The smallest absolute Gasteiger partial charge is 0.242 e. The SMILES string of the molecule is C[C@H](NS(=O)(=O)c1ccc(N)cc1C#N)c1ccccc1. The number of nitrogens with two attached hydrogens (primary N) is 1. The number of sulfonamides is 1. The summed E-state index contributed by atoms with van der Waals surface area (Å²) in [4.78, 5) is -0.0676. The molecule has 0 saturated carbocycles. The summed E-state index contributed by atoms with van der Waals surface area (Å²) in [5.41, 5.74) is 6.79. The van der Waals surface area contributed by atoms with Gasteiger partial charge in [-0.3, -0.25) is 0 Å². The number of nitrogens with one attached hydrogen (secondary N) is 1. The van der Waals surface area contributed by atoms with E-state index in [4.69, 9.17) is 11.0 Å². The van der Waals surface area contributed by atoms with E-state index < -0.39 is 16.1 Å². The molecule has 6 heteroatoms. The van der Waals surface area contributed by atoms with Crippen molar-refractivity contribution in [2.24, 2.45) is 0 Å². The molecule has 2 aromatic carbocycles. The number of anilines is 1. The number of hydrogen-bond acceptors (Lipinski definition) is 4. The van der Waals surface area contributed by atoms with Crippen molar-refractivity contribution in [1.82, 2.24) is 4.72 Å². The largest absolute Gasteiger partial charge is 0.399 e. The van der Waals surface area contributed by atoms with Gasteiger partial charge in [0.15, 0.2) is 0 Å². The first-order valence-corrected chi connectivity index (χ1v) is 7.79. The van der Waals surface area contributed by atoms with Crippen molar-refractivity contribution < 1.29 is 8.42 Å². The van der Waals surface area contributed by atoms with Gasteiger partial charge in [0.2, 0.25) is 10.0 Å². The monoisotopic (exact) mass is 301 g/mol. The predicted octanol–water partition coefficient (Wildman–Crippen LogP) is 2.18. The Morgan fingerprint density at radius 3 is 2.48 bits per heavy atom. The van der Waals surface area contributed by atoms with Crippen molar-refractivity contribution in [1.29, 1.82) is 5.26 Å². The van der Waals surface area contributed by atoms with E-state index in [0.717, 1.165) is 5.56 Å². The molecule has 0 amide bonds. The molecule has 2 rings (SSSR count). The van der Waals surface area contributed by atoms with Crippen molar-refractivity contribution >= 4 is 15.7 Å². The molecule has 0 fully saturated rings. The van der Waals surface area contributed by atoms with Gasteiger partial charge in [-0.2, -0.15) is 5.26 Å². The quantitative estimate of drug-likeness (QED) is 0.846. The van der Waals surface area contributed by atoms with E-state index in [2.05, 4.69) is 4.72 Å². The Kier molecular flexibility index (Phi) is 4.26. The zero-order valence-electron chi connectivity index (χ0n) is 11.4. The first kappa shape index (κ1) is 15.0. The number of benzene rings is 2. The Labute approximate surface area is 124 Å². The van der Waals surface area contributed by atoms with Crippen LogP contribution in [0, 0.1) is 11.3 Å². The second-order valence-electron chi connectivity index (χ2n) is 4.62. The standard InChI is InChI=1S/C15H15N3O2S/c1-11(12-5-3-2-4-6-12)18-21(19,20)15-8-7-14(17)9-13(15)10-16/h2-9,11,18H,17H2,1H3/t11-/m0/s1. The predicted molar refractivity (Wildman–Crippen MR) is 80.7 cm³/mol. The van der Waals surface area contributed by atoms with Crippen LogP contribution in [0.15, 0.2) is 53.4 Å². The summed E-state index contributed by atoms with van der Waals surface area (Å²) < 4.78 is 27.4. The van der Waals surface area contributed by atoms with E-state index in [1.165, 1.54) is 18.2 Å². The van der Waals surface area contributed by atoms with Gasteiger partial charge in [-0.15, -0.1) is 0 Å². The minimum atomic E-state index is -3.80. The molecule has 0 heterocycles. The van der Waals surface area contributed by atoms with E-state index >= 15 is 0 Å². The first-order valence-electron chi connectivity index (χ1n) is 6.31. The fraction of sp³-hybridized carbons (Fsp3) is 0.133. The van der Waals surface area contributed by atoms with Crippen LogP contribution in [0.3, 0.4) is 0 Å². The highest BCUT2D eigenvalue weighted by Gasteiger charge is 2.21. The fourth-order valence-corrected chi connectivity index (χ4v) is 3.35. The molecule has 0 spiro atoms. The number of hydrogen-bond donors (Lipinski definition) is 2. The highest BCUT2D eigenvalue weighted by molar-refractivity contribution is 7.89. The minimum Gasteiger partial charge on any atom is -0.399 e. The van der Waals surface area contributed by atoms with Crippen LogP contribution in [0.4, 0.5) is 5.69 Å². The van der Waals surface area contributed by atoms with Crippen molar-refractivity contribution in [3.05, 3.63) is 59.7 Å². The van der Waals surface area contributed by atoms with Gasteiger partial charge in [-0.05, 0) is 30.7 Å². The number of nitrogen functional groups attached to an aromatic ring is 1. The lowest BCUT2D eigenvalue weighted by molar-refractivity contribution is 0.566. The summed E-state index contributed by atoms with van der Waals surface area (Å²) in [6, 6.07) is 14.8. The Morgan fingerprint density at radius 2 is 1.86 bits per heavy atom. The van der Waals surface area contributed by atoms with Crippen molar-refractivity contribution in [2.45, 2.75) is 17.9 Å². The molecular formula is C15H15N3O2S. The molecule has 0 bridgehead atoms. The first-order chi connectivity index (χ1) is 9.94. The Hall–Kier alpha value is -2.36. The van der Waals surface area contributed by atoms with Crippen LogP contribution in [0.5, 0.6) is 0 Å².